The molecule has 0 fully saturated rings. The lowest BCUT2D eigenvalue weighted by molar-refractivity contribution is -0.870. The van der Waals surface area contributed by atoms with E-state index < -0.39 is 32.5 Å². The number of allylic oxidation sites excluding steroid dienone is 6. The fourth-order valence-electron chi connectivity index (χ4n) is 3.99. The lowest BCUT2D eigenvalue weighted by Gasteiger charge is -2.28. The van der Waals surface area contributed by atoms with E-state index in [1.807, 2.05) is 28.1 Å². The Kier molecular flexibility index (Phi) is 26.4. The van der Waals surface area contributed by atoms with Crippen LogP contribution in [-0.2, 0) is 32.7 Å². The van der Waals surface area contributed by atoms with Gasteiger partial charge in [-0.25, -0.2) is 0 Å². The van der Waals surface area contributed by atoms with Gasteiger partial charge in [-0.05, 0) is 51.4 Å². The maximum Gasteiger partial charge on any atom is 0.306 e. The fourth-order valence-corrected chi connectivity index (χ4v) is 4.72. The molecule has 256 valence electrons. The Morgan fingerprint density at radius 1 is 0.705 bits per heavy atom. The molecular weight excluding hydrogens is 581 g/mol. The predicted octanol–water partition coefficient (Wildman–Crippen LogP) is 7.60. The third-order valence-corrected chi connectivity index (χ3v) is 7.60. The maximum absolute atomic E-state index is 12.4. The summed E-state index contributed by atoms with van der Waals surface area (Å²) in [4.78, 5) is 36.3. The van der Waals surface area contributed by atoms with Crippen LogP contribution in [0.3, 0.4) is 0 Å². The number of esters is 2. The summed E-state index contributed by atoms with van der Waals surface area (Å²) in [7, 11) is 1.14. The topological polar surface area (TPSA) is 111 Å². The molecule has 0 saturated heterocycles. The fraction of sp³-hybridized carbons (Fsp3) is 0.765. The van der Waals surface area contributed by atoms with E-state index in [9.17, 15) is 19.0 Å². The molecule has 44 heavy (non-hydrogen) atoms. The van der Waals surface area contributed by atoms with Gasteiger partial charge < -0.3 is 27.9 Å². The third kappa shape index (κ3) is 30.3. The van der Waals surface area contributed by atoms with Gasteiger partial charge in [-0.2, -0.15) is 0 Å². The minimum Gasteiger partial charge on any atom is -0.756 e. The number of phosphoric acid groups is 1. The molecular formula is C34H62NO8P. The van der Waals surface area contributed by atoms with Crippen molar-refractivity contribution in [1.29, 1.82) is 0 Å². The van der Waals surface area contributed by atoms with Crippen LogP contribution in [0.15, 0.2) is 36.5 Å². The zero-order valence-electron chi connectivity index (χ0n) is 28.3. The zero-order valence-corrected chi connectivity index (χ0v) is 29.2. The average Bonchev–Trinajstić information content (AvgIpc) is 2.95. The van der Waals surface area contributed by atoms with Crippen molar-refractivity contribution in [3.63, 3.8) is 0 Å². The molecule has 10 heteroatoms. The number of rotatable bonds is 29. The predicted molar refractivity (Wildman–Crippen MR) is 176 cm³/mol. The van der Waals surface area contributed by atoms with Gasteiger partial charge in [0.1, 0.15) is 19.8 Å². The van der Waals surface area contributed by atoms with Crippen LogP contribution < -0.4 is 4.89 Å². The van der Waals surface area contributed by atoms with E-state index in [4.69, 9.17) is 18.5 Å². The Hall–Kier alpha value is -1.77. The number of quaternary nitrogens is 1. The summed E-state index contributed by atoms with van der Waals surface area (Å²) in [6, 6.07) is 0. The van der Waals surface area contributed by atoms with E-state index in [1.54, 1.807) is 0 Å². The number of phosphoric ester groups is 1. The largest absolute Gasteiger partial charge is 0.756 e. The Labute approximate surface area is 268 Å². The maximum atomic E-state index is 12.4. The van der Waals surface area contributed by atoms with Gasteiger partial charge in [-0.15, -0.1) is 0 Å². The molecule has 0 aliphatic rings. The molecule has 0 aromatic heterocycles. The summed E-state index contributed by atoms with van der Waals surface area (Å²) in [5, 5.41) is 0. The summed E-state index contributed by atoms with van der Waals surface area (Å²) in [5.41, 5.74) is 0. The van der Waals surface area contributed by atoms with Gasteiger partial charge in [0.05, 0.1) is 27.7 Å². The Morgan fingerprint density at radius 2 is 1.27 bits per heavy atom. The van der Waals surface area contributed by atoms with E-state index in [0.717, 1.165) is 51.4 Å². The average molecular weight is 644 g/mol. The van der Waals surface area contributed by atoms with Crippen LogP contribution in [-0.4, -0.2) is 70.0 Å². The standard InChI is InChI=1S/C34H62NO8P/c1-6-8-9-10-11-12-13-14-15-16-17-18-19-20-21-22-23-24-25-27-34(37)43-32(30-40-33(36)26-7-2)31-42-44(38,39)41-29-28-35(3,4)5/h11-12,14-15,17-18,32H,6-10,13,16,19-31H2,1-5H3/b12-11-,15-14-,18-17-. The molecule has 0 heterocycles. The minimum atomic E-state index is -4.59. The molecule has 0 spiro atoms. The molecule has 0 bridgehead atoms. The van der Waals surface area contributed by atoms with Crippen molar-refractivity contribution in [2.24, 2.45) is 0 Å². The monoisotopic (exact) mass is 643 g/mol. The molecule has 0 aliphatic carbocycles. The van der Waals surface area contributed by atoms with Crippen LogP contribution in [0.4, 0.5) is 0 Å². The van der Waals surface area contributed by atoms with Crippen LogP contribution in [0, 0.1) is 0 Å². The molecule has 0 aromatic rings. The third-order valence-electron chi connectivity index (χ3n) is 6.63. The normalized spacial score (nSPS) is 14.4. The van der Waals surface area contributed by atoms with Gasteiger partial charge in [-0.3, -0.25) is 14.2 Å². The molecule has 0 amide bonds. The lowest BCUT2D eigenvalue weighted by Crippen LogP contribution is -2.37. The molecule has 0 radical (unpaired) electrons. The van der Waals surface area contributed by atoms with Gasteiger partial charge >= 0.3 is 11.9 Å². The van der Waals surface area contributed by atoms with Gasteiger partial charge in [0.2, 0.25) is 0 Å². The number of carbonyl (C=O) groups excluding carboxylic acids is 2. The zero-order chi connectivity index (χ0) is 32.9. The van der Waals surface area contributed by atoms with Crippen molar-refractivity contribution in [2.45, 2.75) is 123 Å². The molecule has 9 nitrogen and oxygen atoms in total. The number of nitrogens with zero attached hydrogens (tertiary/aromatic N) is 1. The van der Waals surface area contributed by atoms with Crippen molar-refractivity contribution >= 4 is 19.8 Å². The summed E-state index contributed by atoms with van der Waals surface area (Å²) in [6.07, 6.45) is 27.7. The molecule has 2 unspecified atom stereocenters. The van der Waals surface area contributed by atoms with E-state index in [2.05, 4.69) is 43.4 Å². The Bertz CT molecular complexity index is 866. The van der Waals surface area contributed by atoms with Gasteiger partial charge in [-0.1, -0.05) is 88.8 Å². The smallest absolute Gasteiger partial charge is 0.306 e. The Morgan fingerprint density at radius 3 is 1.86 bits per heavy atom. The molecule has 0 aliphatic heterocycles. The van der Waals surface area contributed by atoms with Crippen molar-refractivity contribution < 1.29 is 42.1 Å². The van der Waals surface area contributed by atoms with Crippen molar-refractivity contribution in [2.75, 3.05) is 47.5 Å². The van der Waals surface area contributed by atoms with Gasteiger partial charge in [0, 0.05) is 12.8 Å². The summed E-state index contributed by atoms with van der Waals surface area (Å²) in [5.74, 6) is -0.916. The second-order valence-electron chi connectivity index (χ2n) is 12.2. The van der Waals surface area contributed by atoms with Gasteiger partial charge in [0.25, 0.3) is 7.82 Å². The first kappa shape index (κ1) is 42.2. The number of carbonyl (C=O) groups is 2. The summed E-state index contributed by atoms with van der Waals surface area (Å²) < 4.78 is 33.0. The van der Waals surface area contributed by atoms with Crippen LogP contribution >= 0.6 is 7.82 Å². The number of unbranched alkanes of at least 4 members (excludes halogenated alkanes) is 9. The first-order valence-corrected chi connectivity index (χ1v) is 18.2. The molecule has 0 aromatic carbocycles. The van der Waals surface area contributed by atoms with Crippen molar-refractivity contribution in [3.8, 4) is 0 Å². The van der Waals surface area contributed by atoms with E-state index >= 15 is 0 Å². The lowest BCUT2D eigenvalue weighted by atomic mass is 10.1. The first-order chi connectivity index (χ1) is 21.0. The molecule has 0 saturated carbocycles. The summed E-state index contributed by atoms with van der Waals surface area (Å²) in [6.45, 7) is 3.76. The SMILES string of the molecule is CCCCC/C=C\C/C=C\C/C=C\CCCCCCCCC(=O)OC(COC(=O)CCC)COP(=O)([O-])OCC[N+](C)(C)C. The number of hydrogen-bond donors (Lipinski definition) is 0. The highest BCUT2D eigenvalue weighted by Crippen LogP contribution is 2.38. The second-order valence-corrected chi connectivity index (χ2v) is 13.6. The molecule has 0 rings (SSSR count). The Balaban J connectivity index is 4.15. The van der Waals surface area contributed by atoms with E-state index in [-0.39, 0.29) is 26.1 Å². The van der Waals surface area contributed by atoms with Crippen molar-refractivity contribution in [1.82, 2.24) is 0 Å². The van der Waals surface area contributed by atoms with E-state index in [1.165, 1.54) is 25.7 Å². The number of likely N-dealkylation sites (N-methyl/N-ethyl adjacent to an activating group) is 1. The van der Waals surface area contributed by atoms with Crippen LogP contribution in [0.5, 0.6) is 0 Å². The summed E-state index contributed by atoms with van der Waals surface area (Å²) >= 11 is 0. The highest BCUT2D eigenvalue weighted by atomic mass is 31.2. The highest BCUT2D eigenvalue weighted by Gasteiger charge is 2.21. The van der Waals surface area contributed by atoms with Crippen LogP contribution in [0.25, 0.3) is 0 Å². The highest BCUT2D eigenvalue weighted by molar-refractivity contribution is 7.45. The first-order valence-electron chi connectivity index (χ1n) is 16.7. The second kappa shape index (κ2) is 27.5. The number of hydrogen-bond acceptors (Lipinski definition) is 8. The minimum absolute atomic E-state index is 0.0356. The van der Waals surface area contributed by atoms with E-state index in [0.29, 0.717) is 23.9 Å². The molecule has 0 N–H and O–H groups in total. The molecule has 2 atom stereocenters. The van der Waals surface area contributed by atoms with Crippen LogP contribution in [0.2, 0.25) is 0 Å². The quantitative estimate of drug-likeness (QED) is 0.0269. The van der Waals surface area contributed by atoms with Crippen LogP contribution in [0.1, 0.15) is 117 Å². The van der Waals surface area contributed by atoms with Crippen molar-refractivity contribution in [3.05, 3.63) is 36.5 Å². The van der Waals surface area contributed by atoms with Gasteiger partial charge in [0.15, 0.2) is 6.10 Å². The number of ether oxygens (including phenoxy) is 2.